The molecular weight excluding hydrogens is 342 g/mol. The predicted molar refractivity (Wildman–Crippen MR) is 106 cm³/mol. The van der Waals surface area contributed by atoms with E-state index in [1.165, 1.54) is 5.56 Å². The van der Waals surface area contributed by atoms with E-state index in [0.29, 0.717) is 12.1 Å². The van der Waals surface area contributed by atoms with Gasteiger partial charge in [0.05, 0.1) is 19.3 Å². The van der Waals surface area contributed by atoms with Gasteiger partial charge in [-0.1, -0.05) is 12.1 Å². The number of ether oxygens (including phenoxy) is 2. The first-order chi connectivity index (χ1) is 13.3. The second-order valence-electron chi connectivity index (χ2n) is 6.57. The molecule has 0 atom stereocenters. The average molecular weight is 369 g/mol. The molecule has 3 rings (SSSR count). The summed E-state index contributed by atoms with van der Waals surface area (Å²) in [7, 11) is 1.66. The van der Waals surface area contributed by atoms with Crippen LogP contribution in [0.1, 0.15) is 28.8 Å². The van der Waals surface area contributed by atoms with Gasteiger partial charge in [0.1, 0.15) is 11.6 Å². The summed E-state index contributed by atoms with van der Waals surface area (Å²) in [5, 5.41) is 2.96. The fourth-order valence-electron chi connectivity index (χ4n) is 3.07. The smallest absolute Gasteiger partial charge is 0.252 e. The summed E-state index contributed by atoms with van der Waals surface area (Å²) in [6.45, 7) is 3.93. The highest BCUT2D eigenvalue weighted by Gasteiger charge is 2.12. The number of hydrogen-bond donors (Lipinski definition) is 1. The molecule has 1 aromatic heterocycles. The molecule has 0 saturated carbocycles. The van der Waals surface area contributed by atoms with Gasteiger partial charge >= 0.3 is 0 Å². The topological polar surface area (TPSA) is 63.7 Å². The number of rotatable bonds is 7. The molecule has 6 nitrogen and oxygen atoms in total. The SMILES string of the molecule is COc1ccc(CCCNC(=O)c2ccc(N3CCCOCC3)nc2)cc1. The van der Waals surface area contributed by atoms with Crippen LogP contribution in [-0.4, -0.2) is 50.8 Å². The summed E-state index contributed by atoms with van der Waals surface area (Å²) in [6, 6.07) is 11.8. The number of carbonyl (C=O) groups is 1. The van der Waals surface area contributed by atoms with Crippen molar-refractivity contribution < 1.29 is 14.3 Å². The van der Waals surface area contributed by atoms with Gasteiger partial charge < -0.3 is 19.7 Å². The molecule has 2 heterocycles. The Kier molecular flexibility index (Phi) is 7.04. The molecule has 1 fully saturated rings. The second kappa shape index (κ2) is 9.92. The lowest BCUT2D eigenvalue weighted by atomic mass is 10.1. The van der Waals surface area contributed by atoms with Crippen molar-refractivity contribution in [1.29, 1.82) is 0 Å². The number of hydrogen-bond acceptors (Lipinski definition) is 5. The highest BCUT2D eigenvalue weighted by Crippen LogP contribution is 2.14. The fraction of sp³-hybridized carbons (Fsp3) is 0.429. The van der Waals surface area contributed by atoms with Crippen molar-refractivity contribution in [1.82, 2.24) is 10.3 Å². The van der Waals surface area contributed by atoms with E-state index in [4.69, 9.17) is 9.47 Å². The third kappa shape index (κ3) is 5.69. The van der Waals surface area contributed by atoms with Crippen molar-refractivity contribution in [2.24, 2.45) is 0 Å². The highest BCUT2D eigenvalue weighted by atomic mass is 16.5. The van der Waals surface area contributed by atoms with E-state index in [1.807, 2.05) is 24.3 Å². The molecule has 1 saturated heterocycles. The lowest BCUT2D eigenvalue weighted by Crippen LogP contribution is -2.27. The maximum Gasteiger partial charge on any atom is 0.252 e. The van der Waals surface area contributed by atoms with Gasteiger partial charge in [0, 0.05) is 32.4 Å². The minimum atomic E-state index is -0.0806. The Morgan fingerprint density at radius 3 is 2.78 bits per heavy atom. The van der Waals surface area contributed by atoms with Gasteiger partial charge in [0.25, 0.3) is 5.91 Å². The molecule has 144 valence electrons. The van der Waals surface area contributed by atoms with Gasteiger partial charge in [0.2, 0.25) is 0 Å². The molecule has 0 aliphatic carbocycles. The van der Waals surface area contributed by atoms with Crippen LogP contribution in [0.5, 0.6) is 5.75 Å². The summed E-state index contributed by atoms with van der Waals surface area (Å²) >= 11 is 0. The Hall–Kier alpha value is -2.60. The van der Waals surface area contributed by atoms with Crippen LogP contribution >= 0.6 is 0 Å². The quantitative estimate of drug-likeness (QED) is 0.760. The van der Waals surface area contributed by atoms with Gasteiger partial charge in [-0.05, 0) is 49.1 Å². The summed E-state index contributed by atoms with van der Waals surface area (Å²) in [6.07, 6.45) is 4.45. The summed E-state index contributed by atoms with van der Waals surface area (Å²) in [4.78, 5) is 18.9. The highest BCUT2D eigenvalue weighted by molar-refractivity contribution is 5.94. The summed E-state index contributed by atoms with van der Waals surface area (Å²) < 4.78 is 10.6. The maximum atomic E-state index is 12.3. The lowest BCUT2D eigenvalue weighted by molar-refractivity contribution is 0.0953. The van der Waals surface area contributed by atoms with Gasteiger partial charge in [-0.3, -0.25) is 4.79 Å². The van der Waals surface area contributed by atoms with Crippen LogP contribution in [0.3, 0.4) is 0 Å². The van der Waals surface area contributed by atoms with Crippen molar-refractivity contribution in [2.45, 2.75) is 19.3 Å². The number of aryl methyl sites for hydroxylation is 1. The molecule has 1 N–H and O–H groups in total. The molecule has 0 spiro atoms. The van der Waals surface area contributed by atoms with Gasteiger partial charge in [-0.2, -0.15) is 0 Å². The molecule has 1 aromatic carbocycles. The molecule has 6 heteroatoms. The number of benzene rings is 1. The van der Waals surface area contributed by atoms with Crippen molar-refractivity contribution in [3.8, 4) is 5.75 Å². The van der Waals surface area contributed by atoms with E-state index in [2.05, 4.69) is 27.3 Å². The molecule has 1 aliphatic heterocycles. The van der Waals surface area contributed by atoms with E-state index in [0.717, 1.165) is 57.1 Å². The number of anilines is 1. The zero-order valence-corrected chi connectivity index (χ0v) is 15.8. The number of amides is 1. The molecule has 0 unspecified atom stereocenters. The summed E-state index contributed by atoms with van der Waals surface area (Å²) in [5.74, 6) is 1.68. The van der Waals surface area contributed by atoms with E-state index >= 15 is 0 Å². The van der Waals surface area contributed by atoms with Gasteiger partial charge in [-0.25, -0.2) is 4.98 Å². The third-order valence-corrected chi connectivity index (χ3v) is 4.64. The summed E-state index contributed by atoms with van der Waals surface area (Å²) in [5.41, 5.74) is 1.83. The van der Waals surface area contributed by atoms with E-state index in [1.54, 1.807) is 13.3 Å². The number of aromatic nitrogens is 1. The largest absolute Gasteiger partial charge is 0.497 e. The predicted octanol–water partition coefficient (Wildman–Crippen LogP) is 2.68. The molecule has 0 bridgehead atoms. The van der Waals surface area contributed by atoms with Crippen LogP contribution in [0.4, 0.5) is 5.82 Å². The van der Waals surface area contributed by atoms with Gasteiger partial charge in [0.15, 0.2) is 0 Å². The van der Waals surface area contributed by atoms with Crippen LogP contribution < -0.4 is 15.0 Å². The maximum absolute atomic E-state index is 12.3. The standard InChI is InChI=1S/C21H27N3O3/c1-26-19-8-5-17(6-9-19)4-2-11-22-21(25)18-7-10-20(23-16-18)24-12-3-14-27-15-13-24/h5-10,16H,2-4,11-15H2,1H3,(H,22,25). The van der Waals surface area contributed by atoms with Crippen molar-refractivity contribution in [3.63, 3.8) is 0 Å². The van der Waals surface area contributed by atoms with Crippen LogP contribution in [0.15, 0.2) is 42.6 Å². The third-order valence-electron chi connectivity index (χ3n) is 4.64. The van der Waals surface area contributed by atoms with Gasteiger partial charge in [-0.15, -0.1) is 0 Å². The van der Waals surface area contributed by atoms with E-state index in [-0.39, 0.29) is 5.91 Å². The van der Waals surface area contributed by atoms with Crippen molar-refractivity contribution in [3.05, 3.63) is 53.7 Å². The Morgan fingerprint density at radius 1 is 1.19 bits per heavy atom. The minimum absolute atomic E-state index is 0.0806. The van der Waals surface area contributed by atoms with Crippen LogP contribution in [0, 0.1) is 0 Å². The lowest BCUT2D eigenvalue weighted by Gasteiger charge is -2.20. The minimum Gasteiger partial charge on any atom is -0.497 e. The molecule has 1 aliphatic rings. The van der Waals surface area contributed by atoms with Crippen LogP contribution in [0.2, 0.25) is 0 Å². The monoisotopic (exact) mass is 369 g/mol. The number of methoxy groups -OCH3 is 1. The Balaban J connectivity index is 1.43. The number of nitrogens with one attached hydrogen (secondary N) is 1. The molecule has 2 aromatic rings. The average Bonchev–Trinajstić information content (AvgIpc) is 3.01. The zero-order chi connectivity index (χ0) is 18.9. The first kappa shape index (κ1) is 19.2. The molecular formula is C21H27N3O3. The zero-order valence-electron chi connectivity index (χ0n) is 15.8. The van der Waals surface area contributed by atoms with E-state index in [9.17, 15) is 4.79 Å². The van der Waals surface area contributed by atoms with Crippen LogP contribution in [-0.2, 0) is 11.2 Å². The number of carbonyl (C=O) groups excluding carboxylic acids is 1. The molecule has 0 radical (unpaired) electrons. The number of pyridine rings is 1. The number of nitrogens with zero attached hydrogens (tertiary/aromatic N) is 2. The van der Waals surface area contributed by atoms with Crippen LogP contribution in [0.25, 0.3) is 0 Å². The van der Waals surface area contributed by atoms with Crippen molar-refractivity contribution >= 4 is 11.7 Å². The Bertz CT molecular complexity index is 708. The normalized spacial score (nSPS) is 14.5. The second-order valence-corrected chi connectivity index (χ2v) is 6.57. The fourth-order valence-corrected chi connectivity index (χ4v) is 3.07. The first-order valence-electron chi connectivity index (χ1n) is 9.46. The molecule has 1 amide bonds. The Morgan fingerprint density at radius 2 is 2.04 bits per heavy atom. The Labute approximate surface area is 160 Å². The van der Waals surface area contributed by atoms with Crippen molar-refractivity contribution in [2.75, 3.05) is 44.9 Å². The van der Waals surface area contributed by atoms with E-state index < -0.39 is 0 Å². The first-order valence-corrected chi connectivity index (χ1v) is 9.46. The molecule has 27 heavy (non-hydrogen) atoms.